The maximum Gasteiger partial charge on any atom is 0.319 e. The number of likely N-dealkylation sites (tertiary alicyclic amines) is 2. The molecule has 3 heterocycles. The van der Waals surface area contributed by atoms with Gasteiger partial charge in [-0.15, -0.1) is 0 Å². The van der Waals surface area contributed by atoms with Crippen LogP contribution in [-0.2, 0) is 9.59 Å². The van der Waals surface area contributed by atoms with Crippen molar-refractivity contribution in [1.82, 2.24) is 15.1 Å². The van der Waals surface area contributed by atoms with E-state index in [0.29, 0.717) is 25.5 Å². The SMILES string of the molecule is NC(=O)C1CCCN1C(=O)C1CC(NC(=O)Nc2ccc(F)cc2F)CN1C(=O)c1ccco1. The number of hydrogen-bond donors (Lipinski definition) is 3. The molecule has 2 fully saturated rings. The van der Waals surface area contributed by atoms with E-state index in [1.165, 1.54) is 28.2 Å². The van der Waals surface area contributed by atoms with Gasteiger partial charge in [-0.1, -0.05) is 0 Å². The van der Waals surface area contributed by atoms with Gasteiger partial charge in [-0.05, 0) is 43.5 Å². The average Bonchev–Trinajstić information content (AvgIpc) is 3.55. The van der Waals surface area contributed by atoms with Crippen LogP contribution in [0.3, 0.4) is 0 Å². The maximum absolute atomic E-state index is 13.9. The second kappa shape index (κ2) is 9.49. The predicted molar refractivity (Wildman–Crippen MR) is 114 cm³/mol. The fraction of sp³-hybridized carbons (Fsp3) is 0.364. The minimum atomic E-state index is -0.967. The van der Waals surface area contributed by atoms with Crippen molar-refractivity contribution in [1.29, 1.82) is 0 Å². The zero-order valence-electron chi connectivity index (χ0n) is 18.0. The summed E-state index contributed by atoms with van der Waals surface area (Å²) in [6, 6.07) is 2.52. The van der Waals surface area contributed by atoms with Crippen molar-refractivity contribution < 1.29 is 32.4 Å². The normalized spacial score (nSPS) is 22.0. The Hall–Kier alpha value is -3.96. The van der Waals surface area contributed by atoms with Gasteiger partial charge in [0.15, 0.2) is 5.76 Å². The summed E-state index contributed by atoms with van der Waals surface area (Å²) in [5.41, 5.74) is 5.21. The van der Waals surface area contributed by atoms with Crippen LogP contribution in [0, 0.1) is 11.6 Å². The number of hydrogen-bond acceptors (Lipinski definition) is 5. The number of nitrogens with two attached hydrogens (primary N) is 1. The summed E-state index contributed by atoms with van der Waals surface area (Å²) in [4.78, 5) is 53.2. The first-order valence-corrected chi connectivity index (χ1v) is 10.7. The van der Waals surface area contributed by atoms with Crippen LogP contribution in [0.15, 0.2) is 41.0 Å². The van der Waals surface area contributed by atoms with Gasteiger partial charge in [-0.3, -0.25) is 14.4 Å². The Bertz CT molecular complexity index is 1110. The van der Waals surface area contributed by atoms with Gasteiger partial charge in [0.2, 0.25) is 11.8 Å². The maximum atomic E-state index is 13.9. The van der Waals surface area contributed by atoms with Gasteiger partial charge in [-0.25, -0.2) is 13.6 Å². The van der Waals surface area contributed by atoms with E-state index >= 15 is 0 Å². The zero-order chi connectivity index (χ0) is 24.4. The first kappa shape index (κ1) is 23.2. The second-order valence-corrected chi connectivity index (χ2v) is 8.20. The van der Waals surface area contributed by atoms with Crippen molar-refractivity contribution in [2.24, 2.45) is 5.73 Å². The monoisotopic (exact) mass is 475 g/mol. The van der Waals surface area contributed by atoms with Crippen molar-refractivity contribution in [2.75, 3.05) is 18.4 Å². The molecular weight excluding hydrogens is 452 g/mol. The Kier molecular flexibility index (Phi) is 6.48. The Balaban J connectivity index is 1.50. The van der Waals surface area contributed by atoms with Gasteiger partial charge in [0.1, 0.15) is 23.7 Å². The molecule has 2 saturated heterocycles. The topological polar surface area (TPSA) is 138 Å². The molecule has 3 unspecified atom stereocenters. The van der Waals surface area contributed by atoms with Crippen molar-refractivity contribution in [2.45, 2.75) is 37.4 Å². The lowest BCUT2D eigenvalue weighted by Gasteiger charge is -2.29. The number of benzene rings is 1. The molecule has 0 saturated carbocycles. The molecule has 2 aliphatic rings. The van der Waals surface area contributed by atoms with Gasteiger partial charge in [0.05, 0.1) is 18.0 Å². The number of nitrogens with one attached hydrogen (secondary N) is 2. The fourth-order valence-corrected chi connectivity index (χ4v) is 4.39. The summed E-state index contributed by atoms with van der Waals surface area (Å²) in [5.74, 6) is -3.34. The van der Waals surface area contributed by atoms with Crippen LogP contribution in [-0.4, -0.2) is 64.8 Å². The Labute approximate surface area is 193 Å². The molecule has 2 aromatic rings. The highest BCUT2D eigenvalue weighted by molar-refractivity contribution is 5.97. The molecule has 1 aromatic heterocycles. The lowest BCUT2D eigenvalue weighted by Crippen LogP contribution is -2.52. The largest absolute Gasteiger partial charge is 0.459 e. The van der Waals surface area contributed by atoms with Crippen molar-refractivity contribution in [3.05, 3.63) is 54.0 Å². The second-order valence-electron chi connectivity index (χ2n) is 8.20. The number of urea groups is 1. The summed E-state index contributed by atoms with van der Waals surface area (Å²) in [5, 5.41) is 4.90. The molecule has 2 aliphatic heterocycles. The number of carbonyl (C=O) groups excluding carboxylic acids is 4. The van der Waals surface area contributed by atoms with Crippen LogP contribution in [0.25, 0.3) is 0 Å². The van der Waals surface area contributed by atoms with Crippen LogP contribution in [0.5, 0.6) is 0 Å². The third-order valence-electron chi connectivity index (χ3n) is 5.96. The molecule has 0 aliphatic carbocycles. The molecule has 180 valence electrons. The van der Waals surface area contributed by atoms with Crippen LogP contribution in [0.2, 0.25) is 0 Å². The lowest BCUT2D eigenvalue weighted by molar-refractivity contribution is -0.140. The molecule has 0 bridgehead atoms. The molecule has 3 atom stereocenters. The van der Waals surface area contributed by atoms with Crippen molar-refractivity contribution in [3.8, 4) is 0 Å². The number of primary amides is 1. The highest BCUT2D eigenvalue weighted by atomic mass is 19.1. The number of halogens is 2. The van der Waals surface area contributed by atoms with E-state index < -0.39 is 53.5 Å². The highest BCUT2D eigenvalue weighted by Crippen LogP contribution is 2.27. The van der Waals surface area contributed by atoms with Gasteiger partial charge < -0.3 is 30.6 Å². The number of amides is 5. The minimum Gasteiger partial charge on any atom is -0.459 e. The Morgan fingerprint density at radius 2 is 1.88 bits per heavy atom. The third-order valence-corrected chi connectivity index (χ3v) is 5.96. The van der Waals surface area contributed by atoms with Crippen LogP contribution in [0.4, 0.5) is 19.3 Å². The molecule has 5 amide bonds. The van der Waals surface area contributed by atoms with Gasteiger partial charge in [0.25, 0.3) is 5.91 Å². The van der Waals surface area contributed by atoms with Crippen LogP contribution >= 0.6 is 0 Å². The van der Waals surface area contributed by atoms with E-state index in [1.54, 1.807) is 0 Å². The number of rotatable bonds is 5. The van der Waals surface area contributed by atoms with Crippen LogP contribution in [0.1, 0.15) is 29.8 Å². The third kappa shape index (κ3) is 4.70. The van der Waals surface area contributed by atoms with E-state index in [-0.39, 0.29) is 24.4 Å². The smallest absolute Gasteiger partial charge is 0.319 e. The van der Waals surface area contributed by atoms with E-state index in [4.69, 9.17) is 10.2 Å². The predicted octanol–water partition coefficient (Wildman–Crippen LogP) is 1.44. The summed E-state index contributed by atoms with van der Waals surface area (Å²) < 4.78 is 32.1. The lowest BCUT2D eigenvalue weighted by atomic mass is 10.1. The van der Waals surface area contributed by atoms with Gasteiger partial charge >= 0.3 is 6.03 Å². The van der Waals surface area contributed by atoms with Gasteiger partial charge in [0, 0.05) is 19.2 Å². The number of carbonyl (C=O) groups is 4. The Morgan fingerprint density at radius 1 is 1.09 bits per heavy atom. The molecule has 0 radical (unpaired) electrons. The molecule has 12 heteroatoms. The first-order chi connectivity index (χ1) is 16.2. The molecule has 4 N–H and O–H groups in total. The molecule has 34 heavy (non-hydrogen) atoms. The fourth-order valence-electron chi connectivity index (χ4n) is 4.39. The molecule has 1 aromatic carbocycles. The minimum absolute atomic E-state index is 0.0177. The summed E-state index contributed by atoms with van der Waals surface area (Å²) in [6.45, 7) is 0.304. The average molecular weight is 475 g/mol. The Morgan fingerprint density at radius 3 is 2.56 bits per heavy atom. The quantitative estimate of drug-likeness (QED) is 0.601. The molecule has 4 rings (SSSR count). The number of furan rings is 1. The van der Waals surface area contributed by atoms with Gasteiger partial charge in [-0.2, -0.15) is 0 Å². The number of nitrogens with zero attached hydrogens (tertiary/aromatic N) is 2. The van der Waals surface area contributed by atoms with E-state index in [2.05, 4.69) is 10.6 Å². The zero-order valence-corrected chi connectivity index (χ0v) is 18.0. The van der Waals surface area contributed by atoms with Crippen molar-refractivity contribution in [3.63, 3.8) is 0 Å². The summed E-state index contributed by atoms with van der Waals surface area (Å²) >= 11 is 0. The highest BCUT2D eigenvalue weighted by Gasteiger charge is 2.45. The van der Waals surface area contributed by atoms with Crippen molar-refractivity contribution >= 4 is 29.4 Å². The summed E-state index contributed by atoms with van der Waals surface area (Å²) in [6.07, 6.45) is 2.43. The standard InChI is InChI=1S/C22H23F2N5O5/c23-12-5-6-15(14(24)9-12)27-22(33)26-13-10-17(20(31)28-7-1-3-16(28)19(25)30)29(11-13)21(32)18-4-2-8-34-18/h2,4-6,8-9,13,16-17H,1,3,7,10-11H2,(H2,25,30)(H2,26,27,33). The van der Waals surface area contributed by atoms with E-state index in [9.17, 15) is 28.0 Å². The molecular formula is C22H23F2N5O5. The van der Waals surface area contributed by atoms with E-state index in [0.717, 1.165) is 12.1 Å². The summed E-state index contributed by atoms with van der Waals surface area (Å²) in [7, 11) is 0. The molecule has 0 spiro atoms. The van der Waals surface area contributed by atoms with E-state index in [1.807, 2.05) is 0 Å². The number of anilines is 1. The molecule has 10 nitrogen and oxygen atoms in total. The van der Waals surface area contributed by atoms with Crippen LogP contribution < -0.4 is 16.4 Å². The first-order valence-electron chi connectivity index (χ1n) is 10.7.